The maximum atomic E-state index is 12.6. The lowest BCUT2D eigenvalue weighted by Crippen LogP contribution is -2.27. The fourth-order valence-electron chi connectivity index (χ4n) is 2.62. The SMILES string of the molecule is CC(C)CC(=O)Nc1cnc2c(C(=O)NCc3ccco3)cccn2c1=O. The summed E-state index contributed by atoms with van der Waals surface area (Å²) in [6.07, 6.45) is 4.61. The van der Waals surface area contributed by atoms with Gasteiger partial charge in [-0.05, 0) is 30.2 Å². The first-order chi connectivity index (χ1) is 13.0. The standard InChI is InChI=1S/C19H20N4O4/c1-12(2)9-16(24)22-15-11-20-17-14(6-3-7-23(17)19(15)26)18(25)21-10-13-5-4-8-27-13/h3-8,11-12H,9-10H2,1-2H3,(H,21,25)(H,22,24). The number of hydrogen-bond acceptors (Lipinski definition) is 5. The first kappa shape index (κ1) is 18.4. The fourth-order valence-corrected chi connectivity index (χ4v) is 2.62. The van der Waals surface area contributed by atoms with E-state index in [4.69, 9.17) is 4.42 Å². The van der Waals surface area contributed by atoms with Gasteiger partial charge in [0.2, 0.25) is 5.91 Å². The Balaban J connectivity index is 1.86. The molecular weight excluding hydrogens is 348 g/mol. The second kappa shape index (κ2) is 7.86. The predicted molar refractivity (Wildman–Crippen MR) is 99.4 cm³/mol. The third kappa shape index (κ3) is 4.22. The molecule has 140 valence electrons. The molecule has 0 radical (unpaired) electrons. The molecule has 0 atom stereocenters. The molecule has 2 N–H and O–H groups in total. The Kier molecular flexibility index (Phi) is 5.35. The van der Waals surface area contributed by atoms with Crippen molar-refractivity contribution in [3.05, 3.63) is 64.6 Å². The summed E-state index contributed by atoms with van der Waals surface area (Å²) >= 11 is 0. The van der Waals surface area contributed by atoms with Crippen molar-refractivity contribution < 1.29 is 14.0 Å². The molecule has 0 saturated heterocycles. The lowest BCUT2D eigenvalue weighted by Gasteiger charge is -2.10. The Bertz CT molecular complexity index is 1020. The number of nitrogens with one attached hydrogen (secondary N) is 2. The summed E-state index contributed by atoms with van der Waals surface area (Å²) in [5.41, 5.74) is 0.0894. The maximum absolute atomic E-state index is 12.6. The first-order valence-corrected chi connectivity index (χ1v) is 8.56. The Morgan fingerprint density at radius 2 is 2.07 bits per heavy atom. The Labute approximate surface area is 155 Å². The van der Waals surface area contributed by atoms with Gasteiger partial charge in [0.15, 0.2) is 5.65 Å². The number of hydrogen-bond donors (Lipinski definition) is 2. The summed E-state index contributed by atoms with van der Waals surface area (Å²) in [5.74, 6) is 0.152. The molecule has 8 nitrogen and oxygen atoms in total. The van der Waals surface area contributed by atoms with Gasteiger partial charge in [-0.25, -0.2) is 4.98 Å². The molecule has 3 rings (SSSR count). The van der Waals surface area contributed by atoms with Crippen LogP contribution >= 0.6 is 0 Å². The third-order valence-electron chi connectivity index (χ3n) is 3.85. The van der Waals surface area contributed by atoms with Crippen molar-refractivity contribution in [2.75, 3.05) is 5.32 Å². The number of pyridine rings is 1. The number of amides is 2. The van der Waals surface area contributed by atoms with Crippen LogP contribution in [0.25, 0.3) is 5.65 Å². The predicted octanol–water partition coefficient (Wildman–Crippen LogP) is 2.20. The summed E-state index contributed by atoms with van der Waals surface area (Å²) in [6.45, 7) is 4.05. The first-order valence-electron chi connectivity index (χ1n) is 8.56. The van der Waals surface area contributed by atoms with Crippen LogP contribution in [0.5, 0.6) is 0 Å². The molecule has 2 amide bonds. The van der Waals surface area contributed by atoms with Crippen molar-refractivity contribution in [2.24, 2.45) is 5.92 Å². The van der Waals surface area contributed by atoms with Crippen LogP contribution in [0.3, 0.4) is 0 Å². The van der Waals surface area contributed by atoms with E-state index in [9.17, 15) is 14.4 Å². The maximum Gasteiger partial charge on any atom is 0.281 e. The van der Waals surface area contributed by atoms with Crippen LogP contribution in [0.1, 0.15) is 36.4 Å². The van der Waals surface area contributed by atoms with E-state index in [1.807, 2.05) is 13.8 Å². The number of aromatic nitrogens is 2. The summed E-state index contributed by atoms with van der Waals surface area (Å²) in [4.78, 5) is 41.2. The number of nitrogens with zero attached hydrogens (tertiary/aromatic N) is 2. The van der Waals surface area contributed by atoms with E-state index in [1.54, 1.807) is 24.3 Å². The van der Waals surface area contributed by atoms with E-state index in [0.717, 1.165) is 0 Å². The zero-order valence-electron chi connectivity index (χ0n) is 15.1. The Hall–Kier alpha value is -3.42. The summed E-state index contributed by atoms with van der Waals surface area (Å²) in [5, 5.41) is 5.30. The van der Waals surface area contributed by atoms with Gasteiger partial charge in [-0.3, -0.25) is 18.8 Å². The van der Waals surface area contributed by atoms with E-state index in [-0.39, 0.29) is 41.2 Å². The van der Waals surface area contributed by atoms with E-state index in [1.165, 1.54) is 23.1 Å². The van der Waals surface area contributed by atoms with E-state index in [2.05, 4.69) is 15.6 Å². The molecule has 0 spiro atoms. The molecule has 0 aliphatic rings. The molecule has 27 heavy (non-hydrogen) atoms. The van der Waals surface area contributed by atoms with Crippen molar-refractivity contribution in [1.29, 1.82) is 0 Å². The minimum atomic E-state index is -0.446. The smallest absolute Gasteiger partial charge is 0.281 e. The molecule has 0 aliphatic heterocycles. The average Bonchev–Trinajstić information content (AvgIpc) is 3.14. The highest BCUT2D eigenvalue weighted by molar-refractivity contribution is 5.99. The van der Waals surface area contributed by atoms with Crippen LogP contribution in [0, 0.1) is 5.92 Å². The Morgan fingerprint density at radius 3 is 2.78 bits per heavy atom. The lowest BCUT2D eigenvalue weighted by atomic mass is 10.1. The van der Waals surface area contributed by atoms with Gasteiger partial charge in [0.05, 0.1) is 24.6 Å². The van der Waals surface area contributed by atoms with Crippen LogP contribution in [-0.4, -0.2) is 21.2 Å². The minimum Gasteiger partial charge on any atom is -0.467 e. The second-order valence-electron chi connectivity index (χ2n) is 6.50. The van der Waals surface area contributed by atoms with Crippen molar-refractivity contribution in [2.45, 2.75) is 26.8 Å². The van der Waals surface area contributed by atoms with Crippen molar-refractivity contribution >= 4 is 23.1 Å². The molecular formula is C19H20N4O4. The topological polar surface area (TPSA) is 106 Å². The van der Waals surface area contributed by atoms with Gasteiger partial charge in [-0.1, -0.05) is 13.8 Å². The zero-order chi connectivity index (χ0) is 19.4. The highest BCUT2D eigenvalue weighted by atomic mass is 16.3. The summed E-state index contributed by atoms with van der Waals surface area (Å²) in [7, 11) is 0. The molecule has 0 bridgehead atoms. The molecule has 3 aromatic rings. The van der Waals surface area contributed by atoms with Gasteiger partial charge in [-0.2, -0.15) is 0 Å². The minimum absolute atomic E-state index is 0.0753. The van der Waals surface area contributed by atoms with E-state index in [0.29, 0.717) is 12.2 Å². The quantitative estimate of drug-likeness (QED) is 0.694. The van der Waals surface area contributed by atoms with Gasteiger partial charge in [-0.15, -0.1) is 0 Å². The number of furan rings is 1. The van der Waals surface area contributed by atoms with Gasteiger partial charge in [0.25, 0.3) is 11.5 Å². The lowest BCUT2D eigenvalue weighted by molar-refractivity contribution is -0.116. The molecule has 0 unspecified atom stereocenters. The van der Waals surface area contributed by atoms with Crippen molar-refractivity contribution in [3.8, 4) is 0 Å². The molecule has 3 aromatic heterocycles. The van der Waals surface area contributed by atoms with Crippen LogP contribution in [0.2, 0.25) is 0 Å². The van der Waals surface area contributed by atoms with E-state index < -0.39 is 5.56 Å². The van der Waals surface area contributed by atoms with Crippen LogP contribution in [-0.2, 0) is 11.3 Å². The number of fused-ring (bicyclic) bond motifs is 1. The zero-order valence-corrected chi connectivity index (χ0v) is 15.1. The molecule has 0 fully saturated rings. The van der Waals surface area contributed by atoms with Gasteiger partial charge >= 0.3 is 0 Å². The number of carbonyl (C=O) groups excluding carboxylic acids is 2. The number of anilines is 1. The molecule has 0 aromatic carbocycles. The monoisotopic (exact) mass is 368 g/mol. The highest BCUT2D eigenvalue weighted by Crippen LogP contribution is 2.10. The second-order valence-corrected chi connectivity index (χ2v) is 6.50. The largest absolute Gasteiger partial charge is 0.467 e. The normalized spacial score (nSPS) is 10.9. The molecule has 0 saturated carbocycles. The molecule has 8 heteroatoms. The van der Waals surface area contributed by atoms with Crippen molar-refractivity contribution in [1.82, 2.24) is 14.7 Å². The summed E-state index contributed by atoms with van der Waals surface area (Å²) in [6, 6.07) is 6.64. The van der Waals surface area contributed by atoms with Gasteiger partial charge < -0.3 is 15.1 Å². The van der Waals surface area contributed by atoms with Crippen LogP contribution < -0.4 is 16.2 Å². The van der Waals surface area contributed by atoms with E-state index >= 15 is 0 Å². The van der Waals surface area contributed by atoms with Gasteiger partial charge in [0, 0.05) is 12.6 Å². The molecule has 3 heterocycles. The van der Waals surface area contributed by atoms with Crippen molar-refractivity contribution in [3.63, 3.8) is 0 Å². The number of carbonyl (C=O) groups is 2. The fraction of sp³-hybridized carbons (Fsp3) is 0.263. The van der Waals surface area contributed by atoms with Crippen LogP contribution in [0.15, 0.2) is 52.1 Å². The summed E-state index contributed by atoms with van der Waals surface area (Å²) < 4.78 is 6.42. The highest BCUT2D eigenvalue weighted by Gasteiger charge is 2.15. The molecule has 0 aliphatic carbocycles. The average molecular weight is 368 g/mol. The van der Waals surface area contributed by atoms with Gasteiger partial charge in [0.1, 0.15) is 11.4 Å². The third-order valence-corrected chi connectivity index (χ3v) is 3.85. The Morgan fingerprint density at radius 1 is 1.26 bits per heavy atom. The number of rotatable bonds is 6. The van der Waals surface area contributed by atoms with Crippen LogP contribution in [0.4, 0.5) is 5.69 Å².